The molecule has 0 radical (unpaired) electrons. The Morgan fingerprint density at radius 1 is 1.29 bits per heavy atom. The summed E-state index contributed by atoms with van der Waals surface area (Å²) in [7, 11) is 0. The molecule has 110 valence electrons. The Bertz CT molecular complexity index is 622. The lowest BCUT2D eigenvalue weighted by molar-refractivity contribution is -0.116. The summed E-state index contributed by atoms with van der Waals surface area (Å²) in [5.41, 5.74) is 2.42. The molecule has 0 bridgehead atoms. The van der Waals surface area contributed by atoms with Gasteiger partial charge in [0.15, 0.2) is 0 Å². The standard InChI is InChI=1S/C16H20N4O/c21-16(6-3-12-2-1-7-17-11-12)20-13-4-5-14-15(10-13)19-9-8-18-14/h4-5,8-10,12,17H,1-3,6-7,11H2,(H,20,21). The molecule has 1 unspecified atom stereocenters. The topological polar surface area (TPSA) is 66.9 Å². The second kappa shape index (κ2) is 6.63. The predicted molar refractivity (Wildman–Crippen MR) is 83.0 cm³/mol. The fraction of sp³-hybridized carbons (Fsp3) is 0.438. The molecule has 3 rings (SSSR count). The van der Waals surface area contributed by atoms with Crippen LogP contribution in [-0.4, -0.2) is 29.0 Å². The average molecular weight is 284 g/mol. The Morgan fingerprint density at radius 3 is 2.95 bits per heavy atom. The highest BCUT2D eigenvalue weighted by Crippen LogP contribution is 2.18. The number of fused-ring (bicyclic) bond motifs is 1. The van der Waals surface area contributed by atoms with Gasteiger partial charge in [0.25, 0.3) is 0 Å². The summed E-state index contributed by atoms with van der Waals surface area (Å²) in [6.07, 6.45) is 7.29. The molecule has 0 aliphatic carbocycles. The lowest BCUT2D eigenvalue weighted by Crippen LogP contribution is -2.30. The van der Waals surface area contributed by atoms with Crippen LogP contribution < -0.4 is 10.6 Å². The average Bonchev–Trinajstić information content (AvgIpc) is 2.54. The van der Waals surface area contributed by atoms with Crippen molar-refractivity contribution in [3.05, 3.63) is 30.6 Å². The minimum Gasteiger partial charge on any atom is -0.326 e. The van der Waals surface area contributed by atoms with Gasteiger partial charge in [0.2, 0.25) is 5.91 Å². The van der Waals surface area contributed by atoms with E-state index < -0.39 is 0 Å². The number of nitrogens with one attached hydrogen (secondary N) is 2. The van der Waals surface area contributed by atoms with Gasteiger partial charge in [0, 0.05) is 24.5 Å². The number of hydrogen-bond acceptors (Lipinski definition) is 4. The second-order valence-electron chi connectivity index (χ2n) is 5.56. The molecule has 5 heteroatoms. The molecule has 1 fully saturated rings. The fourth-order valence-electron chi connectivity index (χ4n) is 2.77. The van der Waals surface area contributed by atoms with Crippen LogP contribution in [0.3, 0.4) is 0 Å². The van der Waals surface area contributed by atoms with E-state index in [1.54, 1.807) is 12.4 Å². The van der Waals surface area contributed by atoms with E-state index in [4.69, 9.17) is 0 Å². The van der Waals surface area contributed by atoms with Crippen LogP contribution in [-0.2, 0) is 4.79 Å². The van der Waals surface area contributed by atoms with Gasteiger partial charge in [-0.3, -0.25) is 14.8 Å². The minimum atomic E-state index is 0.0730. The van der Waals surface area contributed by atoms with Crippen molar-refractivity contribution in [2.75, 3.05) is 18.4 Å². The SMILES string of the molecule is O=C(CCC1CCCNC1)Nc1ccc2nccnc2c1. The highest BCUT2D eigenvalue weighted by molar-refractivity contribution is 5.92. The summed E-state index contributed by atoms with van der Waals surface area (Å²) in [5.74, 6) is 0.704. The molecule has 21 heavy (non-hydrogen) atoms. The van der Waals surface area contributed by atoms with Crippen LogP contribution in [0, 0.1) is 5.92 Å². The van der Waals surface area contributed by atoms with Crippen LogP contribution in [0.5, 0.6) is 0 Å². The van der Waals surface area contributed by atoms with Gasteiger partial charge in [-0.1, -0.05) is 0 Å². The monoisotopic (exact) mass is 284 g/mol. The maximum atomic E-state index is 12.0. The number of benzene rings is 1. The van der Waals surface area contributed by atoms with Crippen molar-refractivity contribution >= 4 is 22.6 Å². The molecule has 2 N–H and O–H groups in total. The highest BCUT2D eigenvalue weighted by Gasteiger charge is 2.14. The fourth-order valence-corrected chi connectivity index (χ4v) is 2.77. The zero-order valence-electron chi connectivity index (χ0n) is 12.0. The molecule has 2 heterocycles. The van der Waals surface area contributed by atoms with Crippen LogP contribution in [0.4, 0.5) is 5.69 Å². The van der Waals surface area contributed by atoms with Gasteiger partial charge in [-0.2, -0.15) is 0 Å². The van der Waals surface area contributed by atoms with Gasteiger partial charge < -0.3 is 10.6 Å². The highest BCUT2D eigenvalue weighted by atomic mass is 16.1. The summed E-state index contributed by atoms with van der Waals surface area (Å²) in [6, 6.07) is 5.61. The third-order valence-corrected chi connectivity index (χ3v) is 3.93. The number of anilines is 1. The molecule has 1 atom stereocenters. The first kappa shape index (κ1) is 13.9. The molecule has 1 aromatic carbocycles. The molecular formula is C16H20N4O. The summed E-state index contributed by atoms with van der Waals surface area (Å²) in [5, 5.41) is 6.33. The van der Waals surface area contributed by atoms with Crippen LogP contribution in [0.2, 0.25) is 0 Å². The summed E-state index contributed by atoms with van der Waals surface area (Å²) >= 11 is 0. The van der Waals surface area contributed by atoms with E-state index in [0.29, 0.717) is 12.3 Å². The quantitative estimate of drug-likeness (QED) is 0.904. The summed E-state index contributed by atoms with van der Waals surface area (Å²) in [4.78, 5) is 20.5. The maximum Gasteiger partial charge on any atom is 0.224 e. The number of carbonyl (C=O) groups excluding carboxylic acids is 1. The van der Waals surface area contributed by atoms with Crippen LogP contribution in [0.15, 0.2) is 30.6 Å². The summed E-state index contributed by atoms with van der Waals surface area (Å²) in [6.45, 7) is 2.15. The van der Waals surface area contributed by atoms with E-state index in [1.807, 2.05) is 18.2 Å². The first-order valence-electron chi connectivity index (χ1n) is 7.52. The van der Waals surface area contributed by atoms with Gasteiger partial charge in [-0.25, -0.2) is 0 Å². The van der Waals surface area contributed by atoms with E-state index in [1.165, 1.54) is 12.8 Å². The maximum absolute atomic E-state index is 12.0. The van der Waals surface area contributed by atoms with Crippen molar-refractivity contribution in [2.24, 2.45) is 5.92 Å². The van der Waals surface area contributed by atoms with Crippen molar-refractivity contribution in [1.82, 2.24) is 15.3 Å². The Balaban J connectivity index is 1.55. The normalized spacial score (nSPS) is 18.6. The third kappa shape index (κ3) is 3.76. The van der Waals surface area contributed by atoms with E-state index >= 15 is 0 Å². The Labute approximate surface area is 124 Å². The molecule has 1 aliphatic heterocycles. The first-order chi connectivity index (χ1) is 10.3. The van der Waals surface area contributed by atoms with Gasteiger partial charge in [0.1, 0.15) is 0 Å². The number of amides is 1. The second-order valence-corrected chi connectivity index (χ2v) is 5.56. The van der Waals surface area contributed by atoms with Gasteiger partial charge >= 0.3 is 0 Å². The Hall–Kier alpha value is -2.01. The zero-order chi connectivity index (χ0) is 14.5. The molecule has 2 aromatic rings. The predicted octanol–water partition coefficient (Wildman–Crippen LogP) is 2.35. The molecule has 1 aliphatic rings. The van der Waals surface area contributed by atoms with Gasteiger partial charge in [-0.15, -0.1) is 0 Å². The van der Waals surface area contributed by atoms with Crippen molar-refractivity contribution in [2.45, 2.75) is 25.7 Å². The number of nitrogens with zero attached hydrogens (tertiary/aromatic N) is 2. The number of rotatable bonds is 4. The lowest BCUT2D eigenvalue weighted by Gasteiger charge is -2.22. The van der Waals surface area contributed by atoms with Gasteiger partial charge in [0.05, 0.1) is 11.0 Å². The number of aromatic nitrogens is 2. The summed E-state index contributed by atoms with van der Waals surface area (Å²) < 4.78 is 0. The number of carbonyl (C=O) groups is 1. The smallest absolute Gasteiger partial charge is 0.224 e. The van der Waals surface area contributed by atoms with E-state index in [0.717, 1.165) is 36.2 Å². The molecular weight excluding hydrogens is 264 g/mol. The molecule has 1 saturated heterocycles. The largest absolute Gasteiger partial charge is 0.326 e. The number of piperidine rings is 1. The first-order valence-corrected chi connectivity index (χ1v) is 7.52. The minimum absolute atomic E-state index is 0.0730. The third-order valence-electron chi connectivity index (χ3n) is 3.93. The zero-order valence-corrected chi connectivity index (χ0v) is 12.0. The molecule has 0 saturated carbocycles. The molecule has 1 amide bonds. The Kier molecular flexibility index (Phi) is 4.40. The van der Waals surface area contributed by atoms with Crippen molar-refractivity contribution in [3.63, 3.8) is 0 Å². The Morgan fingerprint density at radius 2 is 2.14 bits per heavy atom. The van der Waals surface area contributed by atoms with Crippen LogP contribution in [0.1, 0.15) is 25.7 Å². The van der Waals surface area contributed by atoms with E-state index in [-0.39, 0.29) is 5.91 Å². The van der Waals surface area contributed by atoms with Crippen molar-refractivity contribution in [1.29, 1.82) is 0 Å². The van der Waals surface area contributed by atoms with Crippen LogP contribution in [0.25, 0.3) is 11.0 Å². The molecule has 1 aromatic heterocycles. The van der Waals surface area contributed by atoms with E-state index in [9.17, 15) is 4.79 Å². The lowest BCUT2D eigenvalue weighted by atomic mass is 9.94. The molecule has 0 spiro atoms. The van der Waals surface area contributed by atoms with Crippen LogP contribution >= 0.6 is 0 Å². The van der Waals surface area contributed by atoms with E-state index in [2.05, 4.69) is 20.6 Å². The van der Waals surface area contributed by atoms with Crippen molar-refractivity contribution < 1.29 is 4.79 Å². The molecule has 5 nitrogen and oxygen atoms in total. The van der Waals surface area contributed by atoms with Gasteiger partial charge in [-0.05, 0) is 56.5 Å². The van der Waals surface area contributed by atoms with Crippen molar-refractivity contribution in [3.8, 4) is 0 Å². The number of hydrogen-bond donors (Lipinski definition) is 2.